The van der Waals surface area contributed by atoms with Gasteiger partial charge < -0.3 is 15.0 Å². The Bertz CT molecular complexity index is 274. The van der Waals surface area contributed by atoms with E-state index in [4.69, 9.17) is 4.74 Å². The molecule has 1 aliphatic rings. The van der Waals surface area contributed by atoms with Crippen molar-refractivity contribution in [2.24, 2.45) is 0 Å². The van der Waals surface area contributed by atoms with E-state index in [2.05, 4.69) is 12.2 Å². The maximum absolute atomic E-state index is 12.2. The van der Waals surface area contributed by atoms with Gasteiger partial charge in [-0.3, -0.25) is 0 Å². The van der Waals surface area contributed by atoms with Gasteiger partial charge in [0.25, 0.3) is 0 Å². The summed E-state index contributed by atoms with van der Waals surface area (Å²) in [4.78, 5) is 14.1. The van der Waals surface area contributed by atoms with E-state index in [1.54, 1.807) is 0 Å². The number of hydrogen-bond donors (Lipinski definition) is 1. The van der Waals surface area contributed by atoms with Gasteiger partial charge in [-0.1, -0.05) is 6.92 Å². The highest BCUT2D eigenvalue weighted by Crippen LogP contribution is 2.23. The van der Waals surface area contributed by atoms with E-state index < -0.39 is 5.60 Å². The number of ether oxygens (including phenoxy) is 1. The maximum Gasteiger partial charge on any atom is 0.410 e. The molecule has 1 rings (SSSR count). The van der Waals surface area contributed by atoms with Crippen LogP contribution in [0.25, 0.3) is 0 Å². The first-order chi connectivity index (χ1) is 8.94. The molecule has 0 aromatic heterocycles. The van der Waals surface area contributed by atoms with Gasteiger partial charge in [-0.2, -0.15) is 0 Å². The average Bonchev–Trinajstić information content (AvgIpc) is 2.33. The largest absolute Gasteiger partial charge is 0.444 e. The van der Waals surface area contributed by atoms with Gasteiger partial charge in [0.05, 0.1) is 0 Å². The summed E-state index contributed by atoms with van der Waals surface area (Å²) in [6.07, 6.45) is 5.50. The molecule has 0 aliphatic carbocycles. The Morgan fingerprint density at radius 2 is 2.11 bits per heavy atom. The molecular weight excluding hydrogens is 240 g/mol. The topological polar surface area (TPSA) is 41.6 Å². The Morgan fingerprint density at radius 1 is 1.37 bits per heavy atom. The Morgan fingerprint density at radius 3 is 2.74 bits per heavy atom. The molecule has 0 saturated carbocycles. The number of amides is 1. The minimum Gasteiger partial charge on any atom is -0.444 e. The molecule has 0 radical (unpaired) electrons. The molecule has 0 aromatic carbocycles. The van der Waals surface area contributed by atoms with Gasteiger partial charge in [0.1, 0.15) is 5.60 Å². The van der Waals surface area contributed by atoms with Gasteiger partial charge in [0.2, 0.25) is 0 Å². The molecular formula is C15H30N2O2. The summed E-state index contributed by atoms with van der Waals surface area (Å²) in [6, 6.07) is 0.363. The number of nitrogens with one attached hydrogen (secondary N) is 1. The predicted octanol–water partition coefficient (Wildman–Crippen LogP) is 3.17. The molecule has 1 N–H and O–H groups in total. The van der Waals surface area contributed by atoms with Gasteiger partial charge >= 0.3 is 6.09 Å². The Hall–Kier alpha value is -0.770. The number of carbonyl (C=O) groups is 1. The molecule has 1 amide bonds. The fourth-order valence-corrected chi connectivity index (χ4v) is 2.50. The van der Waals surface area contributed by atoms with Crippen molar-refractivity contribution in [2.45, 2.75) is 71.4 Å². The van der Waals surface area contributed by atoms with Crippen LogP contribution in [0.15, 0.2) is 0 Å². The summed E-state index contributed by atoms with van der Waals surface area (Å²) in [5.74, 6) is 0. The van der Waals surface area contributed by atoms with Crippen LogP contribution in [0, 0.1) is 0 Å². The first kappa shape index (κ1) is 16.3. The van der Waals surface area contributed by atoms with E-state index in [-0.39, 0.29) is 6.09 Å². The van der Waals surface area contributed by atoms with Crippen molar-refractivity contribution in [2.75, 3.05) is 19.6 Å². The van der Waals surface area contributed by atoms with Crippen molar-refractivity contribution >= 4 is 6.09 Å². The molecule has 112 valence electrons. The third kappa shape index (κ3) is 6.28. The number of carbonyl (C=O) groups excluding carboxylic acids is 1. The van der Waals surface area contributed by atoms with Crippen molar-refractivity contribution in [3.05, 3.63) is 0 Å². The summed E-state index contributed by atoms with van der Waals surface area (Å²) >= 11 is 0. The SMILES string of the molecule is CCNCCCC1CCCCN1C(=O)OC(C)(C)C. The molecule has 0 spiro atoms. The van der Waals surface area contributed by atoms with Crippen molar-refractivity contribution in [3.63, 3.8) is 0 Å². The highest BCUT2D eigenvalue weighted by molar-refractivity contribution is 5.68. The molecule has 4 heteroatoms. The van der Waals surface area contributed by atoms with E-state index in [9.17, 15) is 4.79 Å². The molecule has 0 bridgehead atoms. The lowest BCUT2D eigenvalue weighted by Crippen LogP contribution is -2.46. The van der Waals surface area contributed by atoms with Crippen LogP contribution < -0.4 is 5.32 Å². The molecule has 1 heterocycles. The number of hydrogen-bond acceptors (Lipinski definition) is 3. The van der Waals surface area contributed by atoms with Crippen molar-refractivity contribution in [1.29, 1.82) is 0 Å². The molecule has 1 unspecified atom stereocenters. The van der Waals surface area contributed by atoms with Gasteiger partial charge in [-0.15, -0.1) is 0 Å². The Balaban J connectivity index is 2.45. The lowest BCUT2D eigenvalue weighted by atomic mass is 9.98. The first-order valence-corrected chi connectivity index (χ1v) is 7.64. The molecule has 19 heavy (non-hydrogen) atoms. The second-order valence-corrected chi connectivity index (χ2v) is 6.32. The monoisotopic (exact) mass is 270 g/mol. The van der Waals surface area contributed by atoms with Gasteiger partial charge in [-0.25, -0.2) is 4.79 Å². The van der Waals surface area contributed by atoms with Gasteiger partial charge in [0, 0.05) is 12.6 Å². The Kier molecular flexibility index (Phi) is 6.63. The molecule has 1 fully saturated rings. The zero-order valence-corrected chi connectivity index (χ0v) is 13.0. The lowest BCUT2D eigenvalue weighted by molar-refractivity contribution is 0.00867. The second-order valence-electron chi connectivity index (χ2n) is 6.32. The minimum absolute atomic E-state index is 0.138. The van der Waals surface area contributed by atoms with E-state index in [0.29, 0.717) is 6.04 Å². The number of rotatable bonds is 5. The van der Waals surface area contributed by atoms with Crippen LogP contribution in [-0.4, -0.2) is 42.3 Å². The van der Waals surface area contributed by atoms with E-state index >= 15 is 0 Å². The lowest BCUT2D eigenvalue weighted by Gasteiger charge is -2.36. The highest BCUT2D eigenvalue weighted by atomic mass is 16.6. The number of likely N-dealkylation sites (tertiary alicyclic amines) is 1. The van der Waals surface area contributed by atoms with Crippen LogP contribution in [0.5, 0.6) is 0 Å². The van der Waals surface area contributed by atoms with Crippen LogP contribution >= 0.6 is 0 Å². The quantitative estimate of drug-likeness (QED) is 0.780. The van der Waals surface area contributed by atoms with E-state index in [0.717, 1.165) is 45.3 Å². The van der Waals surface area contributed by atoms with Gasteiger partial charge in [0.15, 0.2) is 0 Å². The van der Waals surface area contributed by atoms with Crippen LogP contribution in [0.3, 0.4) is 0 Å². The number of piperidine rings is 1. The van der Waals surface area contributed by atoms with Crippen LogP contribution in [0.2, 0.25) is 0 Å². The normalized spacial score (nSPS) is 20.4. The second kappa shape index (κ2) is 7.73. The molecule has 1 saturated heterocycles. The Labute approximate surface area is 117 Å². The first-order valence-electron chi connectivity index (χ1n) is 7.64. The zero-order chi connectivity index (χ0) is 14.3. The summed E-state index contributed by atoms with van der Waals surface area (Å²) in [5, 5.41) is 3.34. The number of nitrogens with zero attached hydrogens (tertiary/aromatic N) is 1. The minimum atomic E-state index is -0.400. The van der Waals surface area contributed by atoms with Crippen molar-refractivity contribution < 1.29 is 9.53 Å². The summed E-state index contributed by atoms with van der Waals surface area (Å²) in [6.45, 7) is 10.8. The fraction of sp³-hybridized carbons (Fsp3) is 0.933. The van der Waals surface area contributed by atoms with Crippen molar-refractivity contribution in [1.82, 2.24) is 10.2 Å². The van der Waals surface area contributed by atoms with E-state index in [1.807, 2.05) is 25.7 Å². The molecule has 1 aliphatic heterocycles. The van der Waals surface area contributed by atoms with E-state index in [1.165, 1.54) is 6.42 Å². The summed E-state index contributed by atoms with van der Waals surface area (Å²) < 4.78 is 5.51. The smallest absolute Gasteiger partial charge is 0.410 e. The van der Waals surface area contributed by atoms with Crippen molar-refractivity contribution in [3.8, 4) is 0 Å². The maximum atomic E-state index is 12.2. The molecule has 0 aromatic rings. The average molecular weight is 270 g/mol. The summed E-state index contributed by atoms with van der Waals surface area (Å²) in [7, 11) is 0. The standard InChI is InChI=1S/C15H30N2O2/c1-5-16-11-8-10-13-9-6-7-12-17(13)14(18)19-15(2,3)4/h13,16H,5-12H2,1-4H3. The molecule has 4 nitrogen and oxygen atoms in total. The van der Waals surface area contributed by atoms with Gasteiger partial charge in [-0.05, 0) is 66.0 Å². The van der Waals surface area contributed by atoms with Crippen LogP contribution in [0.1, 0.15) is 59.8 Å². The predicted molar refractivity (Wildman–Crippen MR) is 78.4 cm³/mol. The fourth-order valence-electron chi connectivity index (χ4n) is 2.50. The van der Waals surface area contributed by atoms with Crippen LogP contribution in [-0.2, 0) is 4.74 Å². The third-order valence-electron chi connectivity index (χ3n) is 3.40. The highest BCUT2D eigenvalue weighted by Gasteiger charge is 2.29. The third-order valence-corrected chi connectivity index (χ3v) is 3.40. The zero-order valence-electron chi connectivity index (χ0n) is 13.0. The molecule has 1 atom stereocenters. The van der Waals surface area contributed by atoms with Crippen LogP contribution in [0.4, 0.5) is 4.79 Å². The summed E-state index contributed by atoms with van der Waals surface area (Å²) in [5.41, 5.74) is -0.400.